The van der Waals surface area contributed by atoms with Crippen molar-refractivity contribution in [2.75, 3.05) is 12.4 Å². The van der Waals surface area contributed by atoms with Crippen molar-refractivity contribution in [3.8, 4) is 0 Å². The van der Waals surface area contributed by atoms with E-state index < -0.39 is 18.2 Å². The van der Waals surface area contributed by atoms with Crippen molar-refractivity contribution in [3.63, 3.8) is 0 Å². The van der Waals surface area contributed by atoms with E-state index in [9.17, 15) is 15.0 Å². The second-order valence-corrected chi connectivity index (χ2v) is 3.89. The van der Waals surface area contributed by atoms with Gasteiger partial charge in [-0.2, -0.15) is 0 Å². The number of benzene rings is 1. The fraction of sp³-hybridized carbons (Fsp3) is 0.364. The molecule has 4 nitrogen and oxygen atoms in total. The van der Waals surface area contributed by atoms with Gasteiger partial charge < -0.3 is 14.9 Å². The lowest BCUT2D eigenvalue weighted by Gasteiger charge is -2.18. The van der Waals surface area contributed by atoms with Crippen LogP contribution in [0.15, 0.2) is 24.3 Å². The van der Waals surface area contributed by atoms with E-state index in [0.29, 0.717) is 5.56 Å². The Morgan fingerprint density at radius 3 is 2.62 bits per heavy atom. The highest BCUT2D eigenvalue weighted by atomic mass is 79.9. The van der Waals surface area contributed by atoms with Crippen molar-refractivity contribution < 1.29 is 19.7 Å². The van der Waals surface area contributed by atoms with Gasteiger partial charge in [-0.1, -0.05) is 34.1 Å². The molecule has 1 aromatic rings. The number of carbonyl (C=O) groups is 1. The number of esters is 1. The van der Waals surface area contributed by atoms with Crippen molar-refractivity contribution in [1.82, 2.24) is 0 Å². The molecule has 1 rings (SSSR count). The minimum absolute atomic E-state index is 0.226. The minimum atomic E-state index is -1.12. The van der Waals surface area contributed by atoms with Gasteiger partial charge in [0.15, 0.2) is 0 Å². The van der Waals surface area contributed by atoms with Crippen LogP contribution in [0.5, 0.6) is 0 Å². The van der Waals surface area contributed by atoms with Gasteiger partial charge in [0.05, 0.1) is 18.8 Å². The first-order valence-corrected chi connectivity index (χ1v) is 5.83. The Morgan fingerprint density at radius 2 is 2.06 bits per heavy atom. The van der Waals surface area contributed by atoms with Gasteiger partial charge in [-0.25, -0.2) is 4.79 Å². The molecule has 5 heteroatoms. The molecule has 0 fully saturated rings. The van der Waals surface area contributed by atoms with Crippen molar-refractivity contribution in [2.45, 2.75) is 12.2 Å². The van der Waals surface area contributed by atoms with E-state index in [1.54, 1.807) is 24.3 Å². The number of rotatable bonds is 4. The minimum Gasteiger partial charge on any atom is -0.465 e. The predicted molar refractivity (Wildman–Crippen MR) is 62.5 cm³/mol. The van der Waals surface area contributed by atoms with Crippen LogP contribution < -0.4 is 0 Å². The molecule has 2 N–H and O–H groups in total. The molecule has 0 saturated carbocycles. The van der Waals surface area contributed by atoms with E-state index in [4.69, 9.17) is 0 Å². The highest BCUT2D eigenvalue weighted by Gasteiger charge is 2.22. The van der Waals surface area contributed by atoms with E-state index in [1.165, 1.54) is 7.11 Å². The molecule has 0 spiro atoms. The summed E-state index contributed by atoms with van der Waals surface area (Å²) in [6.45, 7) is 0. The zero-order valence-corrected chi connectivity index (χ0v) is 10.3. The third kappa shape index (κ3) is 2.81. The Labute approximate surface area is 102 Å². The standard InChI is InChI=1S/C11H13BrO4/c1-16-11(15)8-5-3-2-4-7(8)10(14)9(13)6-12/h2-5,9-10,13-14H,6H2,1H3. The van der Waals surface area contributed by atoms with Gasteiger partial charge >= 0.3 is 5.97 Å². The van der Waals surface area contributed by atoms with Crippen LogP contribution in [0.4, 0.5) is 0 Å². The van der Waals surface area contributed by atoms with Gasteiger partial charge in [0, 0.05) is 5.33 Å². The Hall–Kier alpha value is -0.910. The molecule has 0 amide bonds. The average molecular weight is 289 g/mol. The lowest BCUT2D eigenvalue weighted by Crippen LogP contribution is -2.22. The van der Waals surface area contributed by atoms with Crippen LogP contribution in [0.25, 0.3) is 0 Å². The summed E-state index contributed by atoms with van der Waals surface area (Å²) in [5.74, 6) is -0.531. The van der Waals surface area contributed by atoms with Gasteiger partial charge in [-0.3, -0.25) is 0 Å². The Bertz CT molecular complexity index is 367. The maximum atomic E-state index is 11.4. The highest BCUT2D eigenvalue weighted by molar-refractivity contribution is 9.09. The van der Waals surface area contributed by atoms with Crippen LogP contribution >= 0.6 is 15.9 Å². The summed E-state index contributed by atoms with van der Waals surface area (Å²) >= 11 is 3.07. The SMILES string of the molecule is COC(=O)c1ccccc1C(O)C(O)CBr. The van der Waals surface area contributed by atoms with Crippen LogP contribution in [-0.4, -0.2) is 34.7 Å². The molecule has 1 aromatic carbocycles. The summed E-state index contributed by atoms with van der Waals surface area (Å²) in [6, 6.07) is 6.49. The van der Waals surface area contributed by atoms with Crippen molar-refractivity contribution in [2.24, 2.45) is 0 Å². The highest BCUT2D eigenvalue weighted by Crippen LogP contribution is 2.22. The Morgan fingerprint density at radius 1 is 1.44 bits per heavy atom. The molecular formula is C11H13BrO4. The van der Waals surface area contributed by atoms with Crippen molar-refractivity contribution >= 4 is 21.9 Å². The second kappa shape index (κ2) is 5.98. The zero-order valence-electron chi connectivity index (χ0n) is 8.76. The lowest BCUT2D eigenvalue weighted by molar-refractivity contribution is 0.0322. The molecule has 88 valence electrons. The molecule has 0 aliphatic heterocycles. The summed E-state index contributed by atoms with van der Waals surface area (Å²) in [6.07, 6.45) is -2.08. The number of methoxy groups -OCH3 is 1. The van der Waals surface area contributed by atoms with E-state index >= 15 is 0 Å². The Balaban J connectivity index is 3.08. The quantitative estimate of drug-likeness (QED) is 0.647. The number of alkyl halides is 1. The zero-order chi connectivity index (χ0) is 12.1. The third-order valence-corrected chi connectivity index (χ3v) is 2.87. The van der Waals surface area contributed by atoms with Crippen LogP contribution in [0.2, 0.25) is 0 Å². The smallest absolute Gasteiger partial charge is 0.338 e. The first-order valence-electron chi connectivity index (χ1n) is 4.71. The molecular weight excluding hydrogens is 276 g/mol. The van der Waals surface area contributed by atoms with Gasteiger partial charge in [0.1, 0.15) is 6.10 Å². The lowest BCUT2D eigenvalue weighted by atomic mass is 9.99. The predicted octanol–water partition coefficient (Wildman–Crippen LogP) is 1.26. The largest absolute Gasteiger partial charge is 0.465 e. The third-order valence-electron chi connectivity index (χ3n) is 2.21. The average Bonchev–Trinajstić information content (AvgIpc) is 2.35. The summed E-state index contributed by atoms with van der Waals surface area (Å²) < 4.78 is 4.60. The fourth-order valence-corrected chi connectivity index (χ4v) is 1.70. The maximum Gasteiger partial charge on any atom is 0.338 e. The van der Waals surface area contributed by atoms with Gasteiger partial charge in [0.25, 0.3) is 0 Å². The van der Waals surface area contributed by atoms with E-state index in [-0.39, 0.29) is 10.9 Å². The van der Waals surface area contributed by atoms with Gasteiger partial charge in [-0.15, -0.1) is 0 Å². The van der Waals surface area contributed by atoms with Crippen LogP contribution in [0.1, 0.15) is 22.0 Å². The number of aliphatic hydroxyl groups excluding tert-OH is 2. The molecule has 0 radical (unpaired) electrons. The van der Waals surface area contributed by atoms with Crippen LogP contribution in [0, 0.1) is 0 Å². The van der Waals surface area contributed by atoms with E-state index in [2.05, 4.69) is 20.7 Å². The molecule has 0 saturated heterocycles. The number of halogens is 1. The van der Waals surface area contributed by atoms with E-state index in [0.717, 1.165) is 0 Å². The normalized spacial score (nSPS) is 14.2. The monoisotopic (exact) mass is 288 g/mol. The van der Waals surface area contributed by atoms with Crippen LogP contribution in [0.3, 0.4) is 0 Å². The molecule has 0 aromatic heterocycles. The van der Waals surface area contributed by atoms with Crippen LogP contribution in [-0.2, 0) is 4.74 Å². The molecule has 0 bridgehead atoms. The molecule has 2 unspecified atom stereocenters. The second-order valence-electron chi connectivity index (χ2n) is 3.25. The summed E-state index contributed by atoms with van der Waals surface area (Å²) in [4.78, 5) is 11.4. The number of carbonyl (C=O) groups excluding carboxylic acids is 1. The summed E-state index contributed by atoms with van der Waals surface area (Å²) in [5, 5.41) is 19.6. The molecule has 2 atom stereocenters. The molecule has 16 heavy (non-hydrogen) atoms. The van der Waals surface area contributed by atoms with Crippen molar-refractivity contribution in [1.29, 1.82) is 0 Å². The van der Waals surface area contributed by atoms with E-state index in [1.807, 2.05) is 0 Å². The number of ether oxygens (including phenoxy) is 1. The topological polar surface area (TPSA) is 66.8 Å². The van der Waals surface area contributed by atoms with Gasteiger partial charge in [0.2, 0.25) is 0 Å². The summed E-state index contributed by atoms with van der Waals surface area (Å²) in [7, 11) is 1.27. The first kappa shape index (κ1) is 13.2. The molecule has 0 aliphatic rings. The number of hydrogen-bond donors (Lipinski definition) is 2. The van der Waals surface area contributed by atoms with Crippen molar-refractivity contribution in [3.05, 3.63) is 35.4 Å². The fourth-order valence-electron chi connectivity index (χ4n) is 1.34. The maximum absolute atomic E-state index is 11.4. The van der Waals surface area contributed by atoms with Gasteiger partial charge in [-0.05, 0) is 11.6 Å². The first-order chi connectivity index (χ1) is 7.61. The number of aliphatic hydroxyl groups is 2. The summed E-state index contributed by atoms with van der Waals surface area (Å²) in [5.41, 5.74) is 0.624. The number of hydrogen-bond acceptors (Lipinski definition) is 4. The Kier molecular flexibility index (Phi) is 4.92. The molecule has 0 heterocycles. The molecule has 0 aliphatic carbocycles.